The van der Waals surface area contributed by atoms with Crippen molar-refractivity contribution in [2.75, 3.05) is 18.5 Å². The van der Waals surface area contributed by atoms with E-state index in [1.165, 1.54) is 5.56 Å². The van der Waals surface area contributed by atoms with E-state index >= 15 is 0 Å². The molecule has 4 nitrogen and oxygen atoms in total. The summed E-state index contributed by atoms with van der Waals surface area (Å²) in [6.45, 7) is 1.30. The van der Waals surface area contributed by atoms with Crippen molar-refractivity contribution in [2.24, 2.45) is 0 Å². The van der Waals surface area contributed by atoms with E-state index in [-0.39, 0.29) is 5.91 Å². The molecule has 0 radical (unpaired) electrons. The highest BCUT2D eigenvalue weighted by Gasteiger charge is 2.26. The van der Waals surface area contributed by atoms with Gasteiger partial charge in [-0.1, -0.05) is 12.1 Å². The van der Waals surface area contributed by atoms with Crippen LogP contribution < -0.4 is 10.2 Å². The number of nitrogens with zero attached hydrogens (tertiary/aromatic N) is 2. The lowest BCUT2D eigenvalue weighted by molar-refractivity contribution is -0.117. The van der Waals surface area contributed by atoms with Crippen molar-refractivity contribution in [1.29, 1.82) is 5.26 Å². The fraction of sp³-hybridized carbons (Fsp3) is 0.385. The highest BCUT2D eigenvalue weighted by Crippen LogP contribution is 2.29. The minimum absolute atomic E-state index is 0.0943. The van der Waals surface area contributed by atoms with Crippen molar-refractivity contribution in [1.82, 2.24) is 5.32 Å². The van der Waals surface area contributed by atoms with Crippen molar-refractivity contribution >= 4 is 11.6 Å². The minimum Gasteiger partial charge on any atom is -0.316 e. The lowest BCUT2D eigenvalue weighted by Crippen LogP contribution is -2.27. The molecule has 0 unspecified atom stereocenters. The smallest absolute Gasteiger partial charge is 0.231 e. The van der Waals surface area contributed by atoms with Gasteiger partial charge in [-0.05, 0) is 24.2 Å². The number of anilines is 1. The predicted molar refractivity (Wildman–Crippen MR) is 65.5 cm³/mol. The van der Waals surface area contributed by atoms with Gasteiger partial charge in [0.25, 0.3) is 0 Å². The normalized spacial score (nSPS) is 13.6. The van der Waals surface area contributed by atoms with Crippen molar-refractivity contribution in [3.63, 3.8) is 0 Å². The minimum atomic E-state index is 0.0943. The molecule has 1 aromatic carbocycles. The zero-order chi connectivity index (χ0) is 12.3. The van der Waals surface area contributed by atoms with E-state index in [0.29, 0.717) is 19.4 Å². The van der Waals surface area contributed by atoms with Gasteiger partial charge in [0.05, 0.1) is 18.9 Å². The Morgan fingerprint density at radius 3 is 3.06 bits per heavy atom. The first-order valence-electron chi connectivity index (χ1n) is 5.70. The third-order valence-electron chi connectivity index (χ3n) is 2.91. The van der Waals surface area contributed by atoms with E-state index in [4.69, 9.17) is 5.26 Å². The van der Waals surface area contributed by atoms with E-state index in [9.17, 15) is 4.79 Å². The maximum atomic E-state index is 11.8. The first-order chi connectivity index (χ1) is 8.26. The van der Waals surface area contributed by atoms with Gasteiger partial charge in [-0.3, -0.25) is 4.79 Å². The summed E-state index contributed by atoms with van der Waals surface area (Å²) >= 11 is 0. The van der Waals surface area contributed by atoms with Crippen molar-refractivity contribution in [3.05, 3.63) is 29.3 Å². The molecule has 2 rings (SSSR count). The molecular weight excluding hydrogens is 214 g/mol. The van der Waals surface area contributed by atoms with Gasteiger partial charge in [-0.25, -0.2) is 0 Å². The summed E-state index contributed by atoms with van der Waals surface area (Å²) in [7, 11) is 1.90. The van der Waals surface area contributed by atoms with Crippen LogP contribution in [0.3, 0.4) is 0 Å². The second-order valence-electron chi connectivity index (χ2n) is 4.12. The third-order valence-corrected chi connectivity index (χ3v) is 2.91. The lowest BCUT2D eigenvalue weighted by Gasteiger charge is -2.15. The topological polar surface area (TPSA) is 56.1 Å². The molecule has 1 amide bonds. The third kappa shape index (κ3) is 2.29. The molecule has 1 N–H and O–H groups in total. The number of rotatable bonds is 4. The summed E-state index contributed by atoms with van der Waals surface area (Å²) in [5.74, 6) is 0.0943. The molecule has 1 aliphatic rings. The Balaban J connectivity index is 2.23. The number of amides is 1. The molecule has 0 bridgehead atoms. The van der Waals surface area contributed by atoms with E-state index < -0.39 is 0 Å². The molecule has 0 saturated carbocycles. The Morgan fingerprint density at radius 2 is 2.35 bits per heavy atom. The van der Waals surface area contributed by atoms with Gasteiger partial charge in [-0.2, -0.15) is 5.26 Å². The van der Waals surface area contributed by atoms with Crippen LogP contribution in [-0.4, -0.2) is 19.5 Å². The molecule has 0 saturated heterocycles. The van der Waals surface area contributed by atoms with Crippen LogP contribution in [-0.2, 0) is 17.8 Å². The van der Waals surface area contributed by atoms with Crippen LogP contribution in [0.15, 0.2) is 18.2 Å². The monoisotopic (exact) mass is 229 g/mol. The summed E-state index contributed by atoms with van der Waals surface area (Å²) in [6, 6.07) is 8.14. The Labute approximate surface area is 101 Å². The standard InChI is InChI=1S/C13H15N3O/c1-15-9-10-3-4-12-11(7-10)8-13(17)16(12)6-2-5-14/h3-4,7,15H,2,6,8-9H2,1H3. The van der Waals surface area contributed by atoms with Crippen LogP contribution in [0.5, 0.6) is 0 Å². The van der Waals surface area contributed by atoms with Gasteiger partial charge in [0.1, 0.15) is 0 Å². The van der Waals surface area contributed by atoms with Gasteiger partial charge >= 0.3 is 0 Å². The molecule has 1 aliphatic heterocycles. The molecule has 0 aromatic heterocycles. The number of hydrogen-bond acceptors (Lipinski definition) is 3. The number of hydrogen-bond donors (Lipinski definition) is 1. The van der Waals surface area contributed by atoms with Gasteiger partial charge in [-0.15, -0.1) is 0 Å². The number of benzene rings is 1. The number of carbonyl (C=O) groups is 1. The zero-order valence-electron chi connectivity index (χ0n) is 9.86. The van der Waals surface area contributed by atoms with Gasteiger partial charge < -0.3 is 10.2 Å². The highest BCUT2D eigenvalue weighted by atomic mass is 16.2. The molecule has 0 fully saturated rings. The Hall–Kier alpha value is -1.86. The summed E-state index contributed by atoms with van der Waals surface area (Å²) in [5, 5.41) is 11.7. The van der Waals surface area contributed by atoms with E-state index in [1.54, 1.807) is 4.90 Å². The molecule has 0 aliphatic carbocycles. The second kappa shape index (κ2) is 4.98. The number of nitriles is 1. The van der Waals surface area contributed by atoms with Crippen LogP contribution in [0.25, 0.3) is 0 Å². The zero-order valence-corrected chi connectivity index (χ0v) is 9.86. The molecule has 4 heteroatoms. The molecule has 0 spiro atoms. The van der Waals surface area contributed by atoms with Crippen LogP contribution in [0.4, 0.5) is 5.69 Å². The van der Waals surface area contributed by atoms with Gasteiger partial charge in [0.2, 0.25) is 5.91 Å². The van der Waals surface area contributed by atoms with Gasteiger partial charge in [0.15, 0.2) is 0 Å². The maximum Gasteiger partial charge on any atom is 0.231 e. The fourth-order valence-electron chi connectivity index (χ4n) is 2.16. The Kier molecular flexibility index (Phi) is 3.40. The summed E-state index contributed by atoms with van der Waals surface area (Å²) < 4.78 is 0. The predicted octanol–water partition coefficient (Wildman–Crippen LogP) is 1.21. The van der Waals surface area contributed by atoms with E-state index in [0.717, 1.165) is 17.8 Å². The quantitative estimate of drug-likeness (QED) is 0.844. The average molecular weight is 229 g/mol. The molecule has 0 atom stereocenters. The van der Waals surface area contributed by atoms with Crippen LogP contribution >= 0.6 is 0 Å². The highest BCUT2D eigenvalue weighted by molar-refractivity contribution is 6.01. The Bertz CT molecular complexity index is 476. The van der Waals surface area contributed by atoms with E-state index in [2.05, 4.69) is 17.5 Å². The maximum absolute atomic E-state index is 11.8. The first-order valence-corrected chi connectivity index (χ1v) is 5.70. The number of fused-ring (bicyclic) bond motifs is 1. The number of nitrogens with one attached hydrogen (secondary N) is 1. The van der Waals surface area contributed by atoms with Crippen molar-refractivity contribution in [3.8, 4) is 6.07 Å². The lowest BCUT2D eigenvalue weighted by atomic mass is 10.1. The number of carbonyl (C=O) groups excluding carboxylic acids is 1. The molecular formula is C13H15N3O. The van der Waals surface area contributed by atoms with Crippen molar-refractivity contribution in [2.45, 2.75) is 19.4 Å². The largest absolute Gasteiger partial charge is 0.316 e. The first kappa shape index (κ1) is 11.6. The summed E-state index contributed by atoms with van der Waals surface area (Å²) in [6.07, 6.45) is 0.835. The molecule has 1 aromatic rings. The van der Waals surface area contributed by atoms with Crippen molar-refractivity contribution < 1.29 is 4.79 Å². The molecule has 88 valence electrons. The van der Waals surface area contributed by atoms with E-state index in [1.807, 2.05) is 19.2 Å². The fourth-order valence-corrected chi connectivity index (χ4v) is 2.16. The summed E-state index contributed by atoms with van der Waals surface area (Å²) in [4.78, 5) is 13.5. The SMILES string of the molecule is CNCc1ccc2c(c1)CC(=O)N2CCC#N. The van der Waals surface area contributed by atoms with Crippen LogP contribution in [0.1, 0.15) is 17.5 Å². The van der Waals surface area contributed by atoms with Crippen LogP contribution in [0, 0.1) is 11.3 Å². The second-order valence-corrected chi connectivity index (χ2v) is 4.12. The average Bonchev–Trinajstić information content (AvgIpc) is 2.62. The Morgan fingerprint density at radius 1 is 1.53 bits per heavy atom. The summed E-state index contributed by atoms with van der Waals surface area (Å²) in [5.41, 5.74) is 3.21. The molecule has 1 heterocycles. The molecule has 17 heavy (non-hydrogen) atoms. The van der Waals surface area contributed by atoms with Gasteiger partial charge in [0, 0.05) is 18.8 Å². The van der Waals surface area contributed by atoms with Crippen LogP contribution in [0.2, 0.25) is 0 Å².